The van der Waals surface area contributed by atoms with E-state index in [1.165, 1.54) is 31.3 Å². The Balaban J connectivity index is 2.14. The summed E-state index contributed by atoms with van der Waals surface area (Å²) in [6, 6.07) is 3.89. The molecule has 17 heavy (non-hydrogen) atoms. The molecule has 0 saturated carbocycles. The van der Waals surface area contributed by atoms with E-state index in [1.54, 1.807) is 6.20 Å². The molecule has 0 radical (unpaired) electrons. The molecule has 0 aliphatic heterocycles. The van der Waals surface area contributed by atoms with E-state index in [-0.39, 0.29) is 0 Å². The Kier molecular flexibility index (Phi) is 4.32. The summed E-state index contributed by atoms with van der Waals surface area (Å²) in [5.41, 5.74) is 3.13. The Morgan fingerprint density at radius 1 is 1.24 bits per heavy atom. The van der Waals surface area contributed by atoms with Gasteiger partial charge >= 0.3 is 0 Å². The van der Waals surface area contributed by atoms with Gasteiger partial charge in [-0.15, -0.1) is 0 Å². The molecule has 2 rings (SSSR count). The first kappa shape index (κ1) is 12.3. The van der Waals surface area contributed by atoms with Crippen molar-refractivity contribution in [1.82, 2.24) is 4.98 Å². The molecule has 0 spiro atoms. The lowest BCUT2D eigenvalue weighted by Crippen LogP contribution is -2.04. The number of allylic oxidation sites excluding steroid dienone is 1. The van der Waals surface area contributed by atoms with Crippen molar-refractivity contribution in [2.24, 2.45) is 0 Å². The quantitative estimate of drug-likeness (QED) is 0.787. The Bertz CT molecular complexity index is 398. The third kappa shape index (κ3) is 3.40. The van der Waals surface area contributed by atoms with Crippen LogP contribution in [0.15, 0.2) is 30.0 Å². The Labute approximate surface area is 103 Å². The molecule has 2 nitrogen and oxygen atoms in total. The predicted molar refractivity (Wildman–Crippen MR) is 69.7 cm³/mol. The molecule has 0 bridgehead atoms. The maximum Gasteiger partial charge on any atom is 0.100 e. The van der Waals surface area contributed by atoms with Gasteiger partial charge in [-0.25, -0.2) is 0 Å². The highest BCUT2D eigenvalue weighted by Crippen LogP contribution is 2.28. The molecule has 0 fully saturated rings. The number of aliphatic hydroxyl groups is 1. The highest BCUT2D eigenvalue weighted by Gasteiger charge is 2.14. The van der Waals surface area contributed by atoms with Gasteiger partial charge in [0.25, 0.3) is 0 Å². The summed E-state index contributed by atoms with van der Waals surface area (Å²) in [6.45, 7) is 1.96. The minimum Gasteiger partial charge on any atom is -0.384 e. The number of aromatic nitrogens is 1. The Hall–Kier alpha value is -1.15. The van der Waals surface area contributed by atoms with Crippen molar-refractivity contribution in [3.63, 3.8) is 0 Å². The Morgan fingerprint density at radius 3 is 2.88 bits per heavy atom. The van der Waals surface area contributed by atoms with E-state index in [1.807, 2.05) is 19.1 Å². The highest BCUT2D eigenvalue weighted by molar-refractivity contribution is 5.26. The molecular weight excluding hydrogens is 210 g/mol. The zero-order chi connectivity index (χ0) is 12.1. The van der Waals surface area contributed by atoms with Crippen molar-refractivity contribution in [3.05, 3.63) is 41.2 Å². The van der Waals surface area contributed by atoms with Crippen LogP contribution in [0.2, 0.25) is 0 Å². The molecule has 1 atom stereocenters. The van der Waals surface area contributed by atoms with Gasteiger partial charge in [0.05, 0.1) is 0 Å². The lowest BCUT2D eigenvalue weighted by molar-refractivity contribution is 0.209. The van der Waals surface area contributed by atoms with Gasteiger partial charge in [-0.1, -0.05) is 18.9 Å². The zero-order valence-electron chi connectivity index (χ0n) is 10.5. The molecule has 1 aliphatic carbocycles. The van der Waals surface area contributed by atoms with Gasteiger partial charge < -0.3 is 5.11 Å². The van der Waals surface area contributed by atoms with Crippen LogP contribution in [-0.2, 0) is 0 Å². The van der Waals surface area contributed by atoms with Gasteiger partial charge in [-0.05, 0) is 55.9 Å². The van der Waals surface area contributed by atoms with Gasteiger partial charge in [0.15, 0.2) is 0 Å². The molecule has 1 heterocycles. The number of nitrogens with zero attached hydrogens (tertiary/aromatic N) is 1. The molecule has 2 heteroatoms. The fraction of sp³-hybridized carbons (Fsp3) is 0.533. The van der Waals surface area contributed by atoms with Crippen molar-refractivity contribution >= 4 is 0 Å². The summed E-state index contributed by atoms with van der Waals surface area (Å²) in [4.78, 5) is 4.17. The van der Waals surface area contributed by atoms with Crippen molar-refractivity contribution in [2.75, 3.05) is 0 Å². The van der Waals surface area contributed by atoms with Crippen LogP contribution in [0.3, 0.4) is 0 Å². The predicted octanol–water partition coefficient (Wildman–Crippen LogP) is 3.70. The molecule has 1 unspecified atom stereocenters. The van der Waals surface area contributed by atoms with Gasteiger partial charge in [0.2, 0.25) is 0 Å². The van der Waals surface area contributed by atoms with Gasteiger partial charge in [-0.3, -0.25) is 4.98 Å². The number of aryl methyl sites for hydroxylation is 1. The molecular formula is C15H21NO. The summed E-state index contributed by atoms with van der Waals surface area (Å²) in [5.74, 6) is 0. The molecule has 1 aliphatic rings. The summed E-state index contributed by atoms with van der Waals surface area (Å²) in [6.07, 6.45) is 10.8. The normalized spacial score (nSPS) is 22.1. The largest absolute Gasteiger partial charge is 0.384 e. The van der Waals surface area contributed by atoms with E-state index >= 15 is 0 Å². The third-order valence-corrected chi connectivity index (χ3v) is 3.41. The van der Waals surface area contributed by atoms with Crippen LogP contribution in [-0.4, -0.2) is 10.1 Å². The maximum atomic E-state index is 10.4. The summed E-state index contributed by atoms with van der Waals surface area (Å²) in [7, 11) is 0. The molecule has 92 valence electrons. The minimum atomic E-state index is -0.435. The highest BCUT2D eigenvalue weighted by atomic mass is 16.3. The van der Waals surface area contributed by atoms with Gasteiger partial charge in [0, 0.05) is 11.9 Å². The number of rotatable bonds is 2. The summed E-state index contributed by atoms with van der Waals surface area (Å²) < 4.78 is 0. The average Bonchev–Trinajstić information content (AvgIpc) is 2.28. The number of hydrogen-bond donors (Lipinski definition) is 1. The number of aliphatic hydroxyl groups excluding tert-OH is 1. The molecule has 1 N–H and O–H groups in total. The lowest BCUT2D eigenvalue weighted by atomic mass is 9.93. The molecule has 1 aromatic rings. The summed E-state index contributed by atoms with van der Waals surface area (Å²) >= 11 is 0. The van der Waals surface area contributed by atoms with E-state index in [0.717, 1.165) is 24.1 Å². The standard InChI is InChI=1S/C15H21NO/c1-12-11-14(9-10-16-12)15(17)13-7-5-3-2-4-6-8-13/h7,9-11,15,17H,2-6,8H2,1H3/b13-7+. The van der Waals surface area contributed by atoms with Gasteiger partial charge in [0.1, 0.15) is 6.10 Å². The number of pyridine rings is 1. The Morgan fingerprint density at radius 2 is 2.06 bits per heavy atom. The zero-order valence-corrected chi connectivity index (χ0v) is 10.5. The third-order valence-electron chi connectivity index (χ3n) is 3.41. The van der Waals surface area contributed by atoms with Crippen LogP contribution in [0.4, 0.5) is 0 Å². The van der Waals surface area contributed by atoms with Crippen LogP contribution in [0.25, 0.3) is 0 Å². The second-order valence-corrected chi connectivity index (χ2v) is 4.87. The van der Waals surface area contributed by atoms with Crippen molar-refractivity contribution < 1.29 is 5.11 Å². The van der Waals surface area contributed by atoms with Crippen LogP contribution in [0.1, 0.15) is 55.9 Å². The summed E-state index contributed by atoms with van der Waals surface area (Å²) in [5, 5.41) is 10.4. The van der Waals surface area contributed by atoms with Crippen LogP contribution in [0, 0.1) is 6.92 Å². The van der Waals surface area contributed by atoms with E-state index in [4.69, 9.17) is 0 Å². The van der Waals surface area contributed by atoms with Crippen LogP contribution < -0.4 is 0 Å². The monoisotopic (exact) mass is 231 g/mol. The van der Waals surface area contributed by atoms with Crippen LogP contribution in [0.5, 0.6) is 0 Å². The molecule has 1 aromatic heterocycles. The van der Waals surface area contributed by atoms with Crippen molar-refractivity contribution in [2.45, 2.75) is 51.6 Å². The second-order valence-electron chi connectivity index (χ2n) is 4.87. The first-order valence-corrected chi connectivity index (χ1v) is 6.57. The lowest BCUT2D eigenvalue weighted by Gasteiger charge is -2.18. The second kappa shape index (κ2) is 5.97. The smallest absolute Gasteiger partial charge is 0.100 e. The fourth-order valence-electron chi connectivity index (χ4n) is 2.42. The van der Waals surface area contributed by atoms with E-state index in [9.17, 15) is 5.11 Å². The topological polar surface area (TPSA) is 33.1 Å². The SMILES string of the molecule is Cc1cc(C(O)/C2=C/CCCCCC2)ccn1. The maximum absolute atomic E-state index is 10.4. The fourth-order valence-corrected chi connectivity index (χ4v) is 2.42. The van der Waals surface area contributed by atoms with Crippen molar-refractivity contribution in [3.8, 4) is 0 Å². The van der Waals surface area contributed by atoms with Crippen molar-refractivity contribution in [1.29, 1.82) is 0 Å². The van der Waals surface area contributed by atoms with Crippen LogP contribution >= 0.6 is 0 Å². The number of hydrogen-bond acceptors (Lipinski definition) is 2. The first-order valence-electron chi connectivity index (χ1n) is 6.57. The molecule has 0 saturated heterocycles. The first-order chi connectivity index (χ1) is 8.27. The minimum absolute atomic E-state index is 0.435. The van der Waals surface area contributed by atoms with E-state index in [0.29, 0.717) is 0 Å². The van der Waals surface area contributed by atoms with Gasteiger partial charge in [-0.2, -0.15) is 0 Å². The molecule has 0 aromatic carbocycles. The van der Waals surface area contributed by atoms with E-state index in [2.05, 4.69) is 11.1 Å². The van der Waals surface area contributed by atoms with E-state index < -0.39 is 6.10 Å². The molecule has 0 amide bonds. The average molecular weight is 231 g/mol.